The Morgan fingerprint density at radius 1 is 1.16 bits per heavy atom. The summed E-state index contributed by atoms with van der Waals surface area (Å²) in [4.78, 5) is 13.1. The molecule has 3 rings (SSSR count). The zero-order valence-corrected chi connectivity index (χ0v) is 11.3. The van der Waals surface area contributed by atoms with Crippen molar-refractivity contribution in [1.82, 2.24) is 9.97 Å². The molecule has 0 aliphatic carbocycles. The Hall–Kier alpha value is -1.88. The number of hydrogen-bond acceptors (Lipinski definition) is 5. The fraction of sp³-hybridized carbons (Fsp3) is 0.429. The van der Waals surface area contributed by atoms with E-state index < -0.39 is 0 Å². The van der Waals surface area contributed by atoms with Gasteiger partial charge in [-0.05, 0) is 18.2 Å². The predicted molar refractivity (Wildman–Crippen MR) is 76.9 cm³/mol. The molecule has 0 atom stereocenters. The van der Waals surface area contributed by atoms with Crippen LogP contribution >= 0.6 is 0 Å². The van der Waals surface area contributed by atoms with E-state index in [1.807, 2.05) is 19.0 Å². The van der Waals surface area contributed by atoms with Gasteiger partial charge in [-0.3, -0.25) is 0 Å². The lowest BCUT2D eigenvalue weighted by Crippen LogP contribution is -2.36. The smallest absolute Gasteiger partial charge is 0.139 e. The lowest BCUT2D eigenvalue weighted by Gasteiger charge is -2.29. The highest BCUT2D eigenvalue weighted by molar-refractivity contribution is 5.91. The molecule has 0 N–H and O–H groups in total. The second-order valence-electron chi connectivity index (χ2n) is 4.89. The van der Waals surface area contributed by atoms with Gasteiger partial charge in [0.05, 0.1) is 18.7 Å². The Bertz CT molecular complexity index is 579. The van der Waals surface area contributed by atoms with Crippen molar-refractivity contribution in [3.63, 3.8) is 0 Å². The van der Waals surface area contributed by atoms with Crippen molar-refractivity contribution in [2.45, 2.75) is 0 Å². The van der Waals surface area contributed by atoms with Crippen LogP contribution in [-0.2, 0) is 4.74 Å². The third-order valence-corrected chi connectivity index (χ3v) is 3.40. The largest absolute Gasteiger partial charge is 0.378 e. The highest BCUT2D eigenvalue weighted by Crippen LogP contribution is 2.26. The number of ether oxygens (including phenoxy) is 1. The third kappa shape index (κ3) is 2.33. The summed E-state index contributed by atoms with van der Waals surface area (Å²) in [5, 5.41) is 1.09. The van der Waals surface area contributed by atoms with E-state index >= 15 is 0 Å². The van der Waals surface area contributed by atoms with Gasteiger partial charge in [-0.2, -0.15) is 0 Å². The van der Waals surface area contributed by atoms with Crippen molar-refractivity contribution in [1.29, 1.82) is 0 Å². The molecule has 0 saturated carbocycles. The lowest BCUT2D eigenvalue weighted by molar-refractivity contribution is 0.122. The second kappa shape index (κ2) is 5.01. The predicted octanol–water partition coefficient (Wildman–Crippen LogP) is 1.53. The number of hydrogen-bond donors (Lipinski definition) is 0. The van der Waals surface area contributed by atoms with Crippen LogP contribution in [0.25, 0.3) is 10.9 Å². The molecule has 1 saturated heterocycles. The van der Waals surface area contributed by atoms with Crippen molar-refractivity contribution < 1.29 is 4.74 Å². The number of nitrogens with zero attached hydrogens (tertiary/aromatic N) is 4. The first kappa shape index (κ1) is 12.2. The lowest BCUT2D eigenvalue weighted by atomic mass is 10.2. The molecule has 0 radical (unpaired) electrons. The molecule has 1 aromatic heterocycles. The van der Waals surface area contributed by atoms with Gasteiger partial charge in [-0.25, -0.2) is 9.97 Å². The van der Waals surface area contributed by atoms with Gasteiger partial charge in [-0.15, -0.1) is 0 Å². The van der Waals surface area contributed by atoms with E-state index in [9.17, 15) is 0 Å². The fourth-order valence-corrected chi connectivity index (χ4v) is 2.41. The van der Waals surface area contributed by atoms with Crippen molar-refractivity contribution >= 4 is 22.4 Å². The van der Waals surface area contributed by atoms with Crippen molar-refractivity contribution in [2.75, 3.05) is 50.2 Å². The minimum absolute atomic E-state index is 0.796. The molecule has 0 unspecified atom stereocenters. The Morgan fingerprint density at radius 2 is 1.95 bits per heavy atom. The molecule has 2 aromatic rings. The summed E-state index contributed by atoms with van der Waals surface area (Å²) in [6, 6.07) is 6.38. The van der Waals surface area contributed by atoms with Crippen molar-refractivity contribution in [2.24, 2.45) is 0 Å². The van der Waals surface area contributed by atoms with Crippen LogP contribution in [0, 0.1) is 0 Å². The molecule has 5 nitrogen and oxygen atoms in total. The summed E-state index contributed by atoms with van der Waals surface area (Å²) in [5.41, 5.74) is 2.20. The van der Waals surface area contributed by atoms with Gasteiger partial charge in [0.15, 0.2) is 0 Å². The van der Waals surface area contributed by atoms with Crippen molar-refractivity contribution in [3.8, 4) is 0 Å². The zero-order chi connectivity index (χ0) is 13.2. The number of aromatic nitrogens is 2. The minimum atomic E-state index is 0.796. The normalized spacial score (nSPS) is 15.8. The molecular weight excluding hydrogens is 240 g/mol. The average molecular weight is 258 g/mol. The van der Waals surface area contributed by atoms with Crippen LogP contribution in [-0.4, -0.2) is 50.4 Å². The van der Waals surface area contributed by atoms with Crippen LogP contribution < -0.4 is 9.80 Å². The van der Waals surface area contributed by atoms with Gasteiger partial charge >= 0.3 is 0 Å². The summed E-state index contributed by atoms with van der Waals surface area (Å²) in [5.74, 6) is 0.957. The Morgan fingerprint density at radius 3 is 2.68 bits per heavy atom. The molecule has 100 valence electrons. The SMILES string of the molecule is CN(C)c1ncnc2cc(N3CCOCC3)ccc12. The van der Waals surface area contributed by atoms with Gasteiger partial charge in [0.2, 0.25) is 0 Å². The summed E-state index contributed by atoms with van der Waals surface area (Å²) in [7, 11) is 4.00. The number of morpholine rings is 1. The summed E-state index contributed by atoms with van der Waals surface area (Å²) in [6.45, 7) is 3.48. The zero-order valence-electron chi connectivity index (χ0n) is 11.3. The molecule has 1 fully saturated rings. The second-order valence-corrected chi connectivity index (χ2v) is 4.89. The molecule has 2 heterocycles. The topological polar surface area (TPSA) is 41.5 Å². The average Bonchev–Trinajstić information content (AvgIpc) is 2.47. The number of rotatable bonds is 2. The molecule has 19 heavy (non-hydrogen) atoms. The number of benzene rings is 1. The van der Waals surface area contributed by atoms with Gasteiger partial charge in [0.25, 0.3) is 0 Å². The highest BCUT2D eigenvalue weighted by Gasteiger charge is 2.13. The van der Waals surface area contributed by atoms with E-state index in [1.54, 1.807) is 6.33 Å². The van der Waals surface area contributed by atoms with E-state index in [0.717, 1.165) is 43.0 Å². The molecular formula is C14H18N4O. The van der Waals surface area contributed by atoms with Crippen LogP contribution in [0.2, 0.25) is 0 Å². The summed E-state index contributed by atoms with van der Waals surface area (Å²) in [6.07, 6.45) is 1.63. The van der Waals surface area contributed by atoms with Gasteiger partial charge in [-0.1, -0.05) is 0 Å². The van der Waals surface area contributed by atoms with Crippen LogP contribution in [0.1, 0.15) is 0 Å². The van der Waals surface area contributed by atoms with Crippen molar-refractivity contribution in [3.05, 3.63) is 24.5 Å². The first-order valence-corrected chi connectivity index (χ1v) is 6.50. The Kier molecular flexibility index (Phi) is 3.21. The number of fused-ring (bicyclic) bond motifs is 1. The molecule has 1 aliphatic rings. The Labute approximate surface area is 112 Å². The minimum Gasteiger partial charge on any atom is -0.378 e. The van der Waals surface area contributed by atoms with Crippen LogP contribution in [0.4, 0.5) is 11.5 Å². The van der Waals surface area contributed by atoms with Gasteiger partial charge in [0.1, 0.15) is 12.1 Å². The van der Waals surface area contributed by atoms with E-state index in [2.05, 4.69) is 33.1 Å². The van der Waals surface area contributed by atoms with Crippen LogP contribution in [0.5, 0.6) is 0 Å². The first-order valence-electron chi connectivity index (χ1n) is 6.50. The van der Waals surface area contributed by atoms with E-state index in [1.165, 1.54) is 5.69 Å². The van der Waals surface area contributed by atoms with Gasteiger partial charge < -0.3 is 14.5 Å². The van der Waals surface area contributed by atoms with Crippen LogP contribution in [0.3, 0.4) is 0 Å². The van der Waals surface area contributed by atoms with E-state index in [0.29, 0.717) is 0 Å². The standard InChI is InChI=1S/C14H18N4O/c1-17(2)14-12-4-3-11(9-13(12)15-10-16-14)18-5-7-19-8-6-18/h3-4,9-10H,5-8H2,1-2H3. The maximum absolute atomic E-state index is 5.39. The number of anilines is 2. The Balaban J connectivity index is 2.01. The molecule has 0 amide bonds. The molecule has 0 spiro atoms. The monoisotopic (exact) mass is 258 g/mol. The van der Waals surface area contributed by atoms with Gasteiger partial charge in [0, 0.05) is 38.3 Å². The fourth-order valence-electron chi connectivity index (χ4n) is 2.41. The maximum Gasteiger partial charge on any atom is 0.139 e. The molecule has 1 aromatic carbocycles. The first-order chi connectivity index (χ1) is 9.25. The third-order valence-electron chi connectivity index (χ3n) is 3.40. The van der Waals surface area contributed by atoms with E-state index in [-0.39, 0.29) is 0 Å². The quantitative estimate of drug-likeness (QED) is 0.817. The van der Waals surface area contributed by atoms with E-state index in [4.69, 9.17) is 4.74 Å². The molecule has 1 aliphatic heterocycles. The maximum atomic E-state index is 5.39. The molecule has 0 bridgehead atoms. The van der Waals surface area contributed by atoms with Crippen LogP contribution in [0.15, 0.2) is 24.5 Å². The highest BCUT2D eigenvalue weighted by atomic mass is 16.5. The summed E-state index contributed by atoms with van der Waals surface area (Å²) < 4.78 is 5.39. The summed E-state index contributed by atoms with van der Waals surface area (Å²) >= 11 is 0. The molecule has 5 heteroatoms.